The van der Waals surface area contributed by atoms with E-state index >= 15 is 0 Å². The molecule has 0 saturated carbocycles. The molecule has 15 heavy (non-hydrogen) atoms. The van der Waals surface area contributed by atoms with Gasteiger partial charge >= 0.3 is 0 Å². The van der Waals surface area contributed by atoms with Crippen LogP contribution in [0.5, 0.6) is 5.75 Å². The molecule has 1 heterocycles. The second-order valence-corrected chi connectivity index (χ2v) is 4.19. The molecule has 2 aromatic rings. The van der Waals surface area contributed by atoms with Crippen molar-refractivity contribution >= 4 is 11.3 Å². The van der Waals surface area contributed by atoms with Gasteiger partial charge in [-0.05, 0) is 24.6 Å². The molecule has 2 rings (SSSR count). The maximum Gasteiger partial charge on any atom is 0.119 e. The van der Waals surface area contributed by atoms with E-state index in [-0.39, 0.29) is 0 Å². The molecule has 0 N–H and O–H groups in total. The molecule has 2 nitrogen and oxygen atoms in total. The van der Waals surface area contributed by atoms with Gasteiger partial charge in [-0.2, -0.15) is 0 Å². The highest BCUT2D eigenvalue weighted by Gasteiger charge is 1.98. The van der Waals surface area contributed by atoms with Gasteiger partial charge in [-0.1, -0.05) is 12.1 Å². The van der Waals surface area contributed by atoms with Crippen molar-refractivity contribution in [1.29, 1.82) is 0 Å². The fourth-order valence-electron chi connectivity index (χ4n) is 1.40. The van der Waals surface area contributed by atoms with E-state index in [1.807, 2.05) is 30.8 Å². The zero-order chi connectivity index (χ0) is 10.5. The van der Waals surface area contributed by atoms with Gasteiger partial charge in [0.05, 0.1) is 12.1 Å². The van der Waals surface area contributed by atoms with Crippen molar-refractivity contribution in [3.63, 3.8) is 0 Å². The second-order valence-electron chi connectivity index (χ2n) is 3.22. The summed E-state index contributed by atoms with van der Waals surface area (Å²) in [5.74, 6) is 0.936. The summed E-state index contributed by atoms with van der Waals surface area (Å²) in [6.45, 7) is 2.71. The number of ether oxygens (including phenoxy) is 1. The molecule has 0 aliphatic carbocycles. The average Bonchev–Trinajstić information content (AvgIpc) is 2.74. The Morgan fingerprint density at radius 3 is 2.67 bits per heavy atom. The lowest BCUT2D eigenvalue weighted by Gasteiger charge is -2.03. The predicted molar refractivity (Wildman–Crippen MR) is 62.5 cm³/mol. The van der Waals surface area contributed by atoms with E-state index < -0.39 is 0 Å². The third-order valence-corrected chi connectivity index (χ3v) is 2.88. The van der Waals surface area contributed by atoms with E-state index in [0.717, 1.165) is 12.2 Å². The maximum absolute atomic E-state index is 5.39. The van der Waals surface area contributed by atoms with Crippen molar-refractivity contribution in [2.75, 3.05) is 6.61 Å². The third kappa shape index (κ3) is 2.80. The summed E-state index contributed by atoms with van der Waals surface area (Å²) in [5.41, 5.74) is 3.16. The molecule has 0 saturated heterocycles. The van der Waals surface area contributed by atoms with Gasteiger partial charge in [-0.3, -0.25) is 4.98 Å². The summed E-state index contributed by atoms with van der Waals surface area (Å²) in [6, 6.07) is 8.23. The summed E-state index contributed by atoms with van der Waals surface area (Å²) in [7, 11) is 0. The lowest BCUT2D eigenvalue weighted by atomic mass is 10.1. The summed E-state index contributed by atoms with van der Waals surface area (Å²) >= 11 is 1.69. The van der Waals surface area contributed by atoms with Gasteiger partial charge in [0, 0.05) is 17.5 Å². The Balaban J connectivity index is 2.04. The number of hydrogen-bond donors (Lipinski definition) is 0. The topological polar surface area (TPSA) is 22.1 Å². The van der Waals surface area contributed by atoms with E-state index in [1.54, 1.807) is 11.3 Å². The van der Waals surface area contributed by atoms with Crippen LogP contribution in [0.3, 0.4) is 0 Å². The van der Waals surface area contributed by atoms with Crippen molar-refractivity contribution in [2.45, 2.75) is 13.3 Å². The van der Waals surface area contributed by atoms with Crippen molar-refractivity contribution in [2.24, 2.45) is 0 Å². The highest BCUT2D eigenvalue weighted by atomic mass is 32.1. The average molecular weight is 219 g/mol. The molecule has 0 atom stereocenters. The zero-order valence-electron chi connectivity index (χ0n) is 8.64. The molecule has 78 valence electrons. The van der Waals surface area contributed by atoms with Gasteiger partial charge in [0.15, 0.2) is 0 Å². The number of rotatable bonds is 4. The summed E-state index contributed by atoms with van der Waals surface area (Å²) in [6.07, 6.45) is 2.87. The predicted octanol–water partition coefficient (Wildman–Crippen LogP) is 3.13. The lowest BCUT2D eigenvalue weighted by Crippen LogP contribution is -1.91. The van der Waals surface area contributed by atoms with E-state index in [9.17, 15) is 0 Å². The van der Waals surface area contributed by atoms with Crippen LogP contribution in [0.25, 0.3) is 0 Å². The highest BCUT2D eigenvalue weighted by Crippen LogP contribution is 2.16. The molecule has 0 unspecified atom stereocenters. The van der Waals surface area contributed by atoms with Crippen LogP contribution < -0.4 is 4.74 Å². The monoisotopic (exact) mass is 219 g/mol. The highest BCUT2D eigenvalue weighted by molar-refractivity contribution is 7.09. The zero-order valence-corrected chi connectivity index (χ0v) is 9.46. The first-order valence-corrected chi connectivity index (χ1v) is 5.85. The van der Waals surface area contributed by atoms with Crippen molar-refractivity contribution in [3.05, 3.63) is 46.4 Å². The molecule has 0 fully saturated rings. The largest absolute Gasteiger partial charge is 0.494 e. The molecular weight excluding hydrogens is 206 g/mol. The minimum atomic E-state index is 0.716. The quantitative estimate of drug-likeness (QED) is 0.788. The van der Waals surface area contributed by atoms with Crippen LogP contribution in [0.15, 0.2) is 36.0 Å². The van der Waals surface area contributed by atoms with Crippen LogP contribution in [0, 0.1) is 0 Å². The molecular formula is C12H13NOS. The standard InChI is InChI=1S/C12H13NOS/c1-2-14-11-5-3-10(4-6-11)7-12-8-13-9-15-12/h3-6,8-9H,2,7H2,1H3. The Labute approximate surface area is 93.6 Å². The molecule has 0 amide bonds. The number of thiazole rings is 1. The first-order chi connectivity index (χ1) is 7.38. The first-order valence-electron chi connectivity index (χ1n) is 4.97. The van der Waals surface area contributed by atoms with Crippen LogP contribution in [0.2, 0.25) is 0 Å². The van der Waals surface area contributed by atoms with E-state index in [0.29, 0.717) is 6.61 Å². The van der Waals surface area contributed by atoms with Crippen LogP contribution in [-0.2, 0) is 6.42 Å². The Hall–Kier alpha value is -1.35. The summed E-state index contributed by atoms with van der Waals surface area (Å²) in [5, 5.41) is 0. The van der Waals surface area contributed by atoms with Crippen LogP contribution in [0.4, 0.5) is 0 Å². The van der Waals surface area contributed by atoms with E-state index in [2.05, 4.69) is 17.1 Å². The smallest absolute Gasteiger partial charge is 0.119 e. The SMILES string of the molecule is CCOc1ccc(Cc2cncs2)cc1. The maximum atomic E-state index is 5.39. The molecule has 3 heteroatoms. The minimum absolute atomic E-state index is 0.716. The van der Waals surface area contributed by atoms with E-state index in [1.165, 1.54) is 10.4 Å². The molecule has 1 aromatic heterocycles. The summed E-state index contributed by atoms with van der Waals surface area (Å²) in [4.78, 5) is 5.35. The van der Waals surface area contributed by atoms with Crippen molar-refractivity contribution < 1.29 is 4.74 Å². The van der Waals surface area contributed by atoms with Crippen LogP contribution >= 0.6 is 11.3 Å². The number of benzene rings is 1. The van der Waals surface area contributed by atoms with Gasteiger partial charge in [0.2, 0.25) is 0 Å². The van der Waals surface area contributed by atoms with E-state index in [4.69, 9.17) is 4.74 Å². The third-order valence-electron chi connectivity index (χ3n) is 2.10. The van der Waals surface area contributed by atoms with Crippen LogP contribution in [-0.4, -0.2) is 11.6 Å². The molecule has 0 radical (unpaired) electrons. The molecule has 0 aliphatic rings. The molecule has 0 spiro atoms. The Bertz CT molecular complexity index is 394. The Morgan fingerprint density at radius 1 is 1.27 bits per heavy atom. The number of aromatic nitrogens is 1. The van der Waals surface area contributed by atoms with Gasteiger partial charge in [0.1, 0.15) is 5.75 Å². The number of hydrogen-bond acceptors (Lipinski definition) is 3. The van der Waals surface area contributed by atoms with Gasteiger partial charge < -0.3 is 4.74 Å². The fourth-order valence-corrected chi connectivity index (χ4v) is 2.03. The molecule has 0 bridgehead atoms. The first kappa shape index (κ1) is 10.2. The lowest BCUT2D eigenvalue weighted by molar-refractivity contribution is 0.340. The molecule has 1 aromatic carbocycles. The van der Waals surface area contributed by atoms with Crippen molar-refractivity contribution in [1.82, 2.24) is 4.98 Å². The molecule has 0 aliphatic heterocycles. The summed E-state index contributed by atoms with van der Waals surface area (Å²) < 4.78 is 5.39. The van der Waals surface area contributed by atoms with Crippen LogP contribution in [0.1, 0.15) is 17.4 Å². The fraction of sp³-hybridized carbons (Fsp3) is 0.250. The normalized spacial score (nSPS) is 10.2. The van der Waals surface area contributed by atoms with Gasteiger partial charge in [-0.15, -0.1) is 11.3 Å². The second kappa shape index (κ2) is 4.94. The Morgan fingerprint density at radius 2 is 2.07 bits per heavy atom. The van der Waals surface area contributed by atoms with Gasteiger partial charge in [0.25, 0.3) is 0 Å². The van der Waals surface area contributed by atoms with Gasteiger partial charge in [-0.25, -0.2) is 0 Å². The minimum Gasteiger partial charge on any atom is -0.494 e. The Kier molecular flexibility index (Phi) is 3.35. The number of nitrogens with zero attached hydrogens (tertiary/aromatic N) is 1. The van der Waals surface area contributed by atoms with Crippen molar-refractivity contribution in [3.8, 4) is 5.75 Å².